The number of rotatable bonds is 1. The van der Waals surface area contributed by atoms with Crippen molar-refractivity contribution in [2.24, 2.45) is 0 Å². The first kappa shape index (κ1) is 9.68. The molecule has 0 aromatic carbocycles. The van der Waals surface area contributed by atoms with Gasteiger partial charge in [-0.3, -0.25) is 4.79 Å². The molecule has 1 aromatic rings. The van der Waals surface area contributed by atoms with Gasteiger partial charge in [0.2, 0.25) is 0 Å². The maximum absolute atomic E-state index is 10.7. The number of hydrogen-bond acceptors (Lipinski definition) is 3. The number of hydrogen-bond donors (Lipinski definition) is 0. The van der Waals surface area contributed by atoms with E-state index in [1.165, 1.54) is 11.3 Å². The zero-order valence-electron chi connectivity index (χ0n) is 7.22. The van der Waals surface area contributed by atoms with Crippen LogP contribution in [0.1, 0.15) is 36.3 Å². The van der Waals surface area contributed by atoms with Gasteiger partial charge in [0.15, 0.2) is 0 Å². The first-order valence-corrected chi connectivity index (χ1v) is 4.83. The van der Waals surface area contributed by atoms with Crippen molar-refractivity contribution in [3.8, 4) is 0 Å². The predicted octanol–water partition coefficient (Wildman–Crippen LogP) is 2.82. The molecule has 0 saturated carbocycles. The van der Waals surface area contributed by atoms with E-state index in [4.69, 9.17) is 11.6 Å². The second-order valence-corrected chi connectivity index (χ2v) is 4.76. The molecular formula is C8H10ClNOS. The average Bonchev–Trinajstić information content (AvgIpc) is 2.30. The van der Waals surface area contributed by atoms with Crippen molar-refractivity contribution in [2.75, 3.05) is 0 Å². The number of carbonyl (C=O) groups is 1. The van der Waals surface area contributed by atoms with Crippen molar-refractivity contribution in [1.29, 1.82) is 0 Å². The maximum atomic E-state index is 10.7. The third-order valence-electron chi connectivity index (χ3n) is 1.35. The number of halogens is 1. The Morgan fingerprint density at radius 2 is 2.17 bits per heavy atom. The van der Waals surface area contributed by atoms with Crippen LogP contribution < -0.4 is 0 Å². The van der Waals surface area contributed by atoms with Crippen LogP contribution >= 0.6 is 22.9 Å². The molecule has 0 atom stereocenters. The van der Waals surface area contributed by atoms with E-state index in [2.05, 4.69) is 4.98 Å². The fraction of sp³-hybridized carbons (Fsp3) is 0.500. The molecule has 0 unspecified atom stereocenters. The monoisotopic (exact) mass is 203 g/mol. The van der Waals surface area contributed by atoms with Gasteiger partial charge in [-0.25, -0.2) is 4.98 Å². The largest absolute Gasteiger partial charge is 0.274 e. The van der Waals surface area contributed by atoms with Gasteiger partial charge in [0.1, 0.15) is 5.69 Å². The Morgan fingerprint density at radius 1 is 1.58 bits per heavy atom. The van der Waals surface area contributed by atoms with Gasteiger partial charge in [0, 0.05) is 10.8 Å². The molecule has 0 saturated heterocycles. The molecule has 66 valence electrons. The van der Waals surface area contributed by atoms with Crippen LogP contribution in [0.4, 0.5) is 0 Å². The van der Waals surface area contributed by atoms with Crippen LogP contribution in [0.5, 0.6) is 0 Å². The summed E-state index contributed by atoms with van der Waals surface area (Å²) in [6.45, 7) is 6.15. The molecule has 0 amide bonds. The van der Waals surface area contributed by atoms with Crippen LogP contribution in [0.15, 0.2) is 5.38 Å². The Hall–Kier alpha value is -0.410. The van der Waals surface area contributed by atoms with Crippen LogP contribution in [-0.4, -0.2) is 10.2 Å². The second kappa shape index (κ2) is 3.15. The predicted molar refractivity (Wildman–Crippen MR) is 51.0 cm³/mol. The SMILES string of the molecule is CC(C)(C)c1nc(C(=O)Cl)cs1. The lowest BCUT2D eigenvalue weighted by Gasteiger charge is -2.13. The van der Waals surface area contributed by atoms with Crippen molar-refractivity contribution in [2.45, 2.75) is 26.2 Å². The van der Waals surface area contributed by atoms with Gasteiger partial charge >= 0.3 is 0 Å². The molecule has 1 rings (SSSR count). The fourth-order valence-electron chi connectivity index (χ4n) is 0.708. The maximum Gasteiger partial charge on any atom is 0.271 e. The van der Waals surface area contributed by atoms with E-state index in [-0.39, 0.29) is 5.41 Å². The Labute approximate surface area is 80.6 Å². The van der Waals surface area contributed by atoms with Crippen molar-refractivity contribution in [3.63, 3.8) is 0 Å². The normalized spacial score (nSPS) is 11.7. The molecule has 1 aromatic heterocycles. The number of aromatic nitrogens is 1. The summed E-state index contributed by atoms with van der Waals surface area (Å²) in [5, 5.41) is 2.14. The summed E-state index contributed by atoms with van der Waals surface area (Å²) in [7, 11) is 0. The summed E-state index contributed by atoms with van der Waals surface area (Å²) in [6, 6.07) is 0. The van der Waals surface area contributed by atoms with E-state index in [9.17, 15) is 4.79 Å². The highest BCUT2D eigenvalue weighted by Crippen LogP contribution is 2.25. The van der Waals surface area contributed by atoms with E-state index in [0.717, 1.165) is 5.01 Å². The van der Waals surface area contributed by atoms with Gasteiger partial charge in [0.25, 0.3) is 5.24 Å². The van der Waals surface area contributed by atoms with Crippen LogP contribution in [0.25, 0.3) is 0 Å². The summed E-state index contributed by atoms with van der Waals surface area (Å²) in [6.07, 6.45) is 0. The van der Waals surface area contributed by atoms with Crippen LogP contribution in [0.3, 0.4) is 0 Å². The molecule has 0 spiro atoms. The van der Waals surface area contributed by atoms with E-state index >= 15 is 0 Å². The van der Waals surface area contributed by atoms with E-state index in [0.29, 0.717) is 5.69 Å². The number of thiazole rings is 1. The average molecular weight is 204 g/mol. The fourth-order valence-corrected chi connectivity index (χ4v) is 1.76. The first-order chi connectivity index (χ1) is 5.41. The standard InChI is InChI=1S/C8H10ClNOS/c1-8(2,3)7-10-5(4-12-7)6(9)11/h4H,1-3H3. The lowest BCUT2D eigenvalue weighted by Crippen LogP contribution is -2.10. The van der Waals surface area contributed by atoms with Gasteiger partial charge in [-0.2, -0.15) is 0 Å². The molecule has 0 N–H and O–H groups in total. The molecule has 0 bridgehead atoms. The third-order valence-corrected chi connectivity index (χ3v) is 2.81. The molecule has 0 radical (unpaired) electrons. The molecule has 1 heterocycles. The van der Waals surface area contributed by atoms with Gasteiger partial charge in [-0.05, 0) is 11.6 Å². The van der Waals surface area contributed by atoms with Crippen LogP contribution in [0, 0.1) is 0 Å². The second-order valence-electron chi connectivity index (χ2n) is 3.56. The highest BCUT2D eigenvalue weighted by atomic mass is 35.5. The minimum absolute atomic E-state index is 0.00471. The lowest BCUT2D eigenvalue weighted by atomic mass is 9.98. The van der Waals surface area contributed by atoms with E-state index in [1.807, 2.05) is 20.8 Å². The van der Waals surface area contributed by atoms with E-state index < -0.39 is 5.24 Å². The first-order valence-electron chi connectivity index (χ1n) is 3.57. The molecule has 0 fully saturated rings. The highest BCUT2D eigenvalue weighted by molar-refractivity contribution is 7.10. The van der Waals surface area contributed by atoms with Crippen LogP contribution in [-0.2, 0) is 5.41 Å². The molecule has 2 nitrogen and oxygen atoms in total. The summed E-state index contributed by atoms with van der Waals surface area (Å²) in [5.41, 5.74) is 0.349. The summed E-state index contributed by atoms with van der Waals surface area (Å²) >= 11 is 6.74. The number of carbonyl (C=O) groups excluding carboxylic acids is 1. The lowest BCUT2D eigenvalue weighted by molar-refractivity contribution is 0.107. The zero-order valence-corrected chi connectivity index (χ0v) is 8.79. The Bertz CT molecular complexity index is 300. The van der Waals surface area contributed by atoms with Crippen molar-refractivity contribution < 1.29 is 4.79 Å². The quantitative estimate of drug-likeness (QED) is 0.657. The van der Waals surface area contributed by atoms with Crippen LogP contribution in [0.2, 0.25) is 0 Å². The smallest absolute Gasteiger partial charge is 0.271 e. The van der Waals surface area contributed by atoms with Crippen molar-refractivity contribution in [3.05, 3.63) is 16.1 Å². The Morgan fingerprint density at radius 3 is 2.42 bits per heavy atom. The Kier molecular flexibility index (Phi) is 2.54. The minimum atomic E-state index is -0.484. The molecule has 0 aliphatic rings. The van der Waals surface area contributed by atoms with Gasteiger partial charge in [0.05, 0.1) is 5.01 Å². The number of nitrogens with zero attached hydrogens (tertiary/aromatic N) is 1. The molecule has 4 heteroatoms. The minimum Gasteiger partial charge on any atom is -0.274 e. The van der Waals surface area contributed by atoms with E-state index in [1.54, 1.807) is 5.38 Å². The molecular weight excluding hydrogens is 194 g/mol. The summed E-state index contributed by atoms with van der Waals surface area (Å²) in [4.78, 5) is 14.8. The summed E-state index contributed by atoms with van der Waals surface area (Å²) < 4.78 is 0. The van der Waals surface area contributed by atoms with Gasteiger partial charge in [-0.1, -0.05) is 20.8 Å². The summed E-state index contributed by atoms with van der Waals surface area (Å²) in [5.74, 6) is 0. The Balaban J connectivity index is 3.00. The van der Waals surface area contributed by atoms with Gasteiger partial charge in [-0.15, -0.1) is 11.3 Å². The zero-order chi connectivity index (χ0) is 9.35. The van der Waals surface area contributed by atoms with Gasteiger partial charge < -0.3 is 0 Å². The van der Waals surface area contributed by atoms with Crippen molar-refractivity contribution in [1.82, 2.24) is 4.98 Å². The third kappa shape index (κ3) is 2.05. The topological polar surface area (TPSA) is 30.0 Å². The highest BCUT2D eigenvalue weighted by Gasteiger charge is 2.19. The van der Waals surface area contributed by atoms with Crippen molar-refractivity contribution >= 4 is 28.2 Å². The molecule has 0 aliphatic carbocycles. The molecule has 12 heavy (non-hydrogen) atoms. The molecule has 0 aliphatic heterocycles.